The Balaban J connectivity index is 3.19. The number of halogens is 1. The van der Waals surface area contributed by atoms with Crippen molar-refractivity contribution < 1.29 is 24.9 Å². The lowest BCUT2D eigenvalue weighted by atomic mass is 9.96. The van der Waals surface area contributed by atoms with Crippen LogP contribution in [0.15, 0.2) is 18.2 Å². The largest absolute Gasteiger partial charge is 0.496 e. The molecule has 1 rings (SSSR count). The molecule has 3 N–H and O–H groups in total. The number of hydrogen-bond acceptors (Lipinski definition) is 4. The van der Waals surface area contributed by atoms with Crippen molar-refractivity contribution in [1.82, 2.24) is 0 Å². The Bertz CT molecular complexity index is 421. The van der Waals surface area contributed by atoms with E-state index in [1.165, 1.54) is 19.2 Å². The quantitative estimate of drug-likeness (QED) is 0.693. The maximum absolute atomic E-state index is 11.2. The molecule has 0 aliphatic heterocycles. The minimum Gasteiger partial charge on any atom is -0.496 e. The monoisotopic (exact) mass is 318 g/mol. The van der Waals surface area contributed by atoms with E-state index < -0.39 is 18.2 Å². The zero-order chi connectivity index (χ0) is 13.7. The standard InChI is InChI=1S/C12H15BrO5/c1-18-9-4-2-3-7(10(9)12(16)17)11(15)8(14)5-6-13/h2-4,8,11,14-15H,5-6H2,1H3,(H,16,17). The molecule has 0 saturated carbocycles. The first-order valence-corrected chi connectivity index (χ1v) is 6.47. The summed E-state index contributed by atoms with van der Waals surface area (Å²) in [6.45, 7) is 0. The molecule has 2 atom stereocenters. The van der Waals surface area contributed by atoms with Crippen molar-refractivity contribution >= 4 is 21.9 Å². The maximum atomic E-state index is 11.2. The van der Waals surface area contributed by atoms with Gasteiger partial charge < -0.3 is 20.1 Å². The van der Waals surface area contributed by atoms with E-state index in [2.05, 4.69) is 15.9 Å². The van der Waals surface area contributed by atoms with Crippen molar-refractivity contribution in [2.45, 2.75) is 18.6 Å². The highest BCUT2D eigenvalue weighted by molar-refractivity contribution is 9.09. The fraction of sp³-hybridized carbons (Fsp3) is 0.417. The first-order chi connectivity index (χ1) is 8.52. The van der Waals surface area contributed by atoms with Gasteiger partial charge in [-0.15, -0.1) is 0 Å². The van der Waals surface area contributed by atoms with Gasteiger partial charge in [0.15, 0.2) is 0 Å². The Morgan fingerprint density at radius 2 is 2.11 bits per heavy atom. The molecule has 0 heterocycles. The molecule has 0 saturated heterocycles. The van der Waals surface area contributed by atoms with Gasteiger partial charge in [-0.1, -0.05) is 28.1 Å². The fourth-order valence-corrected chi connectivity index (χ4v) is 2.14. The number of aliphatic hydroxyl groups is 2. The number of rotatable bonds is 6. The van der Waals surface area contributed by atoms with Gasteiger partial charge in [0.2, 0.25) is 0 Å². The van der Waals surface area contributed by atoms with E-state index in [1.54, 1.807) is 6.07 Å². The van der Waals surface area contributed by atoms with Crippen molar-refractivity contribution in [2.75, 3.05) is 12.4 Å². The molecule has 18 heavy (non-hydrogen) atoms. The Hall–Kier alpha value is -1.11. The Morgan fingerprint density at radius 1 is 1.44 bits per heavy atom. The van der Waals surface area contributed by atoms with Gasteiger partial charge in [0.1, 0.15) is 17.4 Å². The molecule has 0 aliphatic carbocycles. The van der Waals surface area contributed by atoms with Crippen LogP contribution in [0.25, 0.3) is 0 Å². The van der Waals surface area contributed by atoms with Gasteiger partial charge in [-0.05, 0) is 12.5 Å². The third kappa shape index (κ3) is 3.22. The van der Waals surface area contributed by atoms with Crippen LogP contribution in [0.1, 0.15) is 28.4 Å². The van der Waals surface area contributed by atoms with E-state index in [9.17, 15) is 15.0 Å². The van der Waals surface area contributed by atoms with Gasteiger partial charge in [-0.3, -0.25) is 0 Å². The van der Waals surface area contributed by atoms with E-state index in [4.69, 9.17) is 9.84 Å². The van der Waals surface area contributed by atoms with Crippen molar-refractivity contribution in [3.8, 4) is 5.75 Å². The molecule has 100 valence electrons. The van der Waals surface area contributed by atoms with Crippen molar-refractivity contribution in [1.29, 1.82) is 0 Å². The summed E-state index contributed by atoms with van der Waals surface area (Å²) in [5.74, 6) is -1.04. The van der Waals surface area contributed by atoms with Crippen LogP contribution in [0, 0.1) is 0 Å². The van der Waals surface area contributed by atoms with Crippen molar-refractivity contribution in [3.63, 3.8) is 0 Å². The molecule has 0 amide bonds. The number of aromatic carboxylic acids is 1. The van der Waals surface area contributed by atoms with Crippen LogP contribution in [0.3, 0.4) is 0 Å². The van der Waals surface area contributed by atoms with Gasteiger partial charge in [-0.2, -0.15) is 0 Å². The number of methoxy groups -OCH3 is 1. The molecule has 0 fully saturated rings. The predicted octanol–water partition coefficient (Wildman–Crippen LogP) is 1.57. The highest BCUT2D eigenvalue weighted by atomic mass is 79.9. The second kappa shape index (κ2) is 6.72. The fourth-order valence-electron chi connectivity index (χ4n) is 1.67. The zero-order valence-corrected chi connectivity index (χ0v) is 11.4. The van der Waals surface area contributed by atoms with E-state index >= 15 is 0 Å². The molecule has 2 unspecified atom stereocenters. The van der Waals surface area contributed by atoms with Gasteiger partial charge >= 0.3 is 5.97 Å². The van der Waals surface area contributed by atoms with Crippen LogP contribution in [0.4, 0.5) is 0 Å². The lowest BCUT2D eigenvalue weighted by molar-refractivity contribution is 0.0162. The predicted molar refractivity (Wildman–Crippen MR) is 69.3 cm³/mol. The van der Waals surface area contributed by atoms with E-state index in [-0.39, 0.29) is 16.9 Å². The third-order valence-electron chi connectivity index (χ3n) is 2.58. The molecule has 1 aromatic rings. The highest BCUT2D eigenvalue weighted by Gasteiger charge is 2.25. The lowest BCUT2D eigenvalue weighted by Crippen LogP contribution is -2.21. The van der Waals surface area contributed by atoms with Crippen LogP contribution in [0.5, 0.6) is 5.75 Å². The molecular weight excluding hydrogens is 304 g/mol. The first-order valence-electron chi connectivity index (χ1n) is 5.35. The molecule has 0 radical (unpaired) electrons. The van der Waals surface area contributed by atoms with Crippen LogP contribution in [0.2, 0.25) is 0 Å². The number of aliphatic hydroxyl groups excluding tert-OH is 2. The highest BCUT2D eigenvalue weighted by Crippen LogP contribution is 2.29. The molecule has 5 nitrogen and oxygen atoms in total. The molecule has 0 aliphatic rings. The lowest BCUT2D eigenvalue weighted by Gasteiger charge is -2.20. The summed E-state index contributed by atoms with van der Waals surface area (Å²) < 4.78 is 4.95. The summed E-state index contributed by atoms with van der Waals surface area (Å²) in [6, 6.07) is 4.54. The van der Waals surface area contributed by atoms with E-state index in [0.29, 0.717) is 11.8 Å². The minimum absolute atomic E-state index is 0.124. The molecule has 0 aromatic heterocycles. The number of benzene rings is 1. The number of hydrogen-bond donors (Lipinski definition) is 3. The second-order valence-corrected chi connectivity index (χ2v) is 4.51. The number of carboxylic acids is 1. The van der Waals surface area contributed by atoms with Crippen LogP contribution >= 0.6 is 15.9 Å². The van der Waals surface area contributed by atoms with Gasteiger partial charge in [0.25, 0.3) is 0 Å². The smallest absolute Gasteiger partial charge is 0.339 e. The Kier molecular flexibility index (Phi) is 5.58. The second-order valence-electron chi connectivity index (χ2n) is 3.72. The van der Waals surface area contributed by atoms with Gasteiger partial charge in [-0.25, -0.2) is 4.79 Å². The van der Waals surface area contributed by atoms with E-state index in [1.807, 2.05) is 0 Å². The molecule has 0 spiro atoms. The average Bonchev–Trinajstić information content (AvgIpc) is 2.36. The summed E-state index contributed by atoms with van der Waals surface area (Å²) in [5, 5.41) is 29.4. The summed E-state index contributed by atoms with van der Waals surface area (Å²) in [6.07, 6.45) is -1.98. The number of ether oxygens (including phenoxy) is 1. The van der Waals surface area contributed by atoms with Crippen molar-refractivity contribution in [2.24, 2.45) is 0 Å². The topological polar surface area (TPSA) is 87.0 Å². The normalized spacial score (nSPS) is 14.0. The minimum atomic E-state index is -1.26. The average molecular weight is 319 g/mol. The van der Waals surface area contributed by atoms with Crippen LogP contribution in [-0.2, 0) is 0 Å². The number of carbonyl (C=O) groups is 1. The maximum Gasteiger partial charge on any atom is 0.339 e. The summed E-state index contributed by atoms with van der Waals surface area (Å²) in [4.78, 5) is 11.2. The van der Waals surface area contributed by atoms with Gasteiger partial charge in [0, 0.05) is 10.9 Å². The first kappa shape index (κ1) is 14.9. The third-order valence-corrected chi connectivity index (χ3v) is 3.04. The van der Waals surface area contributed by atoms with Crippen LogP contribution < -0.4 is 4.74 Å². The number of carboxylic acid groups (broad SMARTS) is 1. The summed E-state index contributed by atoms with van der Waals surface area (Å²) in [7, 11) is 1.35. The van der Waals surface area contributed by atoms with Crippen molar-refractivity contribution in [3.05, 3.63) is 29.3 Å². The van der Waals surface area contributed by atoms with Crippen LogP contribution in [-0.4, -0.2) is 39.8 Å². The molecule has 1 aromatic carbocycles. The molecule has 0 bridgehead atoms. The van der Waals surface area contributed by atoms with E-state index in [0.717, 1.165) is 0 Å². The molecule has 6 heteroatoms. The SMILES string of the molecule is COc1cccc(C(O)C(O)CCBr)c1C(=O)O. The number of alkyl halides is 1. The Labute approximate surface area is 113 Å². The van der Waals surface area contributed by atoms with Gasteiger partial charge in [0.05, 0.1) is 13.2 Å². The zero-order valence-electron chi connectivity index (χ0n) is 9.84. The molecular formula is C12H15BrO5. The Morgan fingerprint density at radius 3 is 2.61 bits per heavy atom. The summed E-state index contributed by atoms with van der Waals surface area (Å²) >= 11 is 3.15. The summed E-state index contributed by atoms with van der Waals surface area (Å²) in [5.41, 5.74) is 0.0245.